The molecule has 3 aromatic rings. The molecule has 0 saturated carbocycles. The molecule has 0 radical (unpaired) electrons. The minimum Gasteiger partial charge on any atom is -0.333 e. The van der Waals surface area contributed by atoms with Crippen LogP contribution in [0.25, 0.3) is 5.52 Å². The van der Waals surface area contributed by atoms with E-state index in [1.165, 1.54) is 0 Å². The van der Waals surface area contributed by atoms with Gasteiger partial charge in [0.2, 0.25) is 0 Å². The van der Waals surface area contributed by atoms with Gasteiger partial charge in [-0.25, -0.2) is 14.9 Å². The van der Waals surface area contributed by atoms with Crippen molar-refractivity contribution < 1.29 is 0 Å². The molecule has 3 rings (SSSR count). The lowest BCUT2D eigenvalue weighted by molar-refractivity contribution is 0.547. The summed E-state index contributed by atoms with van der Waals surface area (Å²) in [5.74, 6) is 6.63. The first-order valence-corrected chi connectivity index (χ1v) is 6.59. The van der Waals surface area contributed by atoms with E-state index in [2.05, 4.69) is 32.0 Å². The average Bonchev–Trinajstić information content (AvgIpc) is 3.09. The summed E-state index contributed by atoms with van der Waals surface area (Å²) >= 11 is 0. The summed E-state index contributed by atoms with van der Waals surface area (Å²) in [5.41, 5.74) is 4.71. The fourth-order valence-electron chi connectivity index (χ4n) is 2.39. The molecule has 0 amide bonds. The predicted octanol–water partition coefficient (Wildman–Crippen LogP) is 0.888. The Balaban J connectivity index is 2.07. The molecule has 104 valence electrons. The zero-order chi connectivity index (χ0) is 13.9. The summed E-state index contributed by atoms with van der Waals surface area (Å²) < 4.78 is 3.88. The second-order valence-corrected chi connectivity index (χ2v) is 4.58. The van der Waals surface area contributed by atoms with Crippen molar-refractivity contribution >= 4 is 5.52 Å². The summed E-state index contributed by atoms with van der Waals surface area (Å²) in [6.45, 7) is 3.04. The van der Waals surface area contributed by atoms with Crippen molar-refractivity contribution in [1.82, 2.24) is 29.6 Å². The van der Waals surface area contributed by atoms with Gasteiger partial charge in [0.25, 0.3) is 0 Å². The molecule has 0 aliphatic rings. The molecular weight excluding hydrogens is 254 g/mol. The van der Waals surface area contributed by atoms with Crippen molar-refractivity contribution in [3.8, 4) is 0 Å². The van der Waals surface area contributed by atoms with Gasteiger partial charge >= 0.3 is 0 Å². The molecule has 0 spiro atoms. The molecule has 3 heterocycles. The van der Waals surface area contributed by atoms with E-state index in [4.69, 9.17) is 5.84 Å². The van der Waals surface area contributed by atoms with Crippen molar-refractivity contribution in [3.63, 3.8) is 0 Å². The third-order valence-electron chi connectivity index (χ3n) is 3.30. The Morgan fingerprint density at radius 3 is 3.00 bits per heavy atom. The average molecular weight is 271 g/mol. The highest BCUT2D eigenvalue weighted by Crippen LogP contribution is 2.23. The molecular formula is C13H17N7. The van der Waals surface area contributed by atoms with E-state index in [9.17, 15) is 0 Å². The molecule has 0 bridgehead atoms. The highest BCUT2D eigenvalue weighted by molar-refractivity contribution is 5.54. The van der Waals surface area contributed by atoms with Gasteiger partial charge in [0, 0.05) is 36.9 Å². The first-order chi connectivity index (χ1) is 9.85. The lowest BCUT2D eigenvalue weighted by Crippen LogP contribution is -2.31. The maximum atomic E-state index is 5.75. The minimum atomic E-state index is -0.210. The maximum Gasteiger partial charge on any atom is 0.131 e. The molecule has 0 aliphatic carbocycles. The van der Waals surface area contributed by atoms with Gasteiger partial charge in [-0.05, 0) is 6.42 Å². The number of nitrogens with zero attached hydrogens (tertiary/aromatic N) is 5. The van der Waals surface area contributed by atoms with Crippen molar-refractivity contribution in [2.75, 3.05) is 0 Å². The first-order valence-electron chi connectivity index (χ1n) is 6.59. The normalized spacial score (nSPS) is 12.9. The Labute approximate surface area is 116 Å². The largest absolute Gasteiger partial charge is 0.333 e. The third-order valence-corrected chi connectivity index (χ3v) is 3.30. The third kappa shape index (κ3) is 2.06. The Morgan fingerprint density at radius 1 is 1.30 bits per heavy atom. The molecule has 0 fully saturated rings. The van der Waals surface area contributed by atoms with Crippen LogP contribution in [-0.2, 0) is 6.54 Å². The molecule has 7 nitrogen and oxygen atoms in total. The zero-order valence-electron chi connectivity index (χ0n) is 11.3. The van der Waals surface area contributed by atoms with Crippen LogP contribution in [0.2, 0.25) is 0 Å². The number of nitrogens with one attached hydrogen (secondary N) is 1. The van der Waals surface area contributed by atoms with E-state index in [-0.39, 0.29) is 6.04 Å². The Bertz CT molecular complexity index is 699. The lowest BCUT2D eigenvalue weighted by Gasteiger charge is -2.16. The number of imidazole rings is 1. The topological polar surface area (TPSA) is 86.1 Å². The van der Waals surface area contributed by atoms with Crippen LogP contribution in [0.1, 0.15) is 30.8 Å². The van der Waals surface area contributed by atoms with Crippen LogP contribution < -0.4 is 11.3 Å². The fraction of sp³-hybridized carbons (Fsp3) is 0.308. The molecule has 0 saturated heterocycles. The number of aromatic nitrogens is 5. The second-order valence-electron chi connectivity index (χ2n) is 4.58. The molecule has 1 unspecified atom stereocenters. The Hall–Kier alpha value is -2.25. The molecule has 3 N–H and O–H groups in total. The van der Waals surface area contributed by atoms with Gasteiger partial charge in [-0.3, -0.25) is 10.8 Å². The number of aryl methyl sites for hydroxylation is 1. The summed E-state index contributed by atoms with van der Waals surface area (Å²) in [5, 5.41) is 4.32. The van der Waals surface area contributed by atoms with E-state index in [1.807, 2.05) is 12.4 Å². The summed E-state index contributed by atoms with van der Waals surface area (Å²) in [4.78, 5) is 8.58. The number of hydrogen-bond acceptors (Lipinski definition) is 5. The molecule has 20 heavy (non-hydrogen) atoms. The first kappa shape index (κ1) is 12.8. The number of hydrogen-bond donors (Lipinski definition) is 2. The Kier molecular flexibility index (Phi) is 3.44. The molecule has 1 atom stereocenters. The molecule has 0 aliphatic heterocycles. The lowest BCUT2D eigenvalue weighted by atomic mass is 10.1. The van der Waals surface area contributed by atoms with E-state index < -0.39 is 0 Å². The van der Waals surface area contributed by atoms with Gasteiger partial charge in [-0.15, -0.1) is 0 Å². The van der Waals surface area contributed by atoms with Crippen molar-refractivity contribution in [2.45, 2.75) is 25.9 Å². The zero-order valence-corrected chi connectivity index (χ0v) is 11.3. The second kappa shape index (κ2) is 5.40. The monoisotopic (exact) mass is 271 g/mol. The highest BCUT2D eigenvalue weighted by Gasteiger charge is 2.21. The standard InChI is InChI=1S/C13H17N7/c1-2-5-19-6-4-16-13(19)12(18-14)10-8-17-20-7-3-15-9-11(10)20/h3-4,6-9,12,18H,2,5,14H2,1H3. The summed E-state index contributed by atoms with van der Waals surface area (Å²) in [6.07, 6.45) is 11.9. The number of nitrogens with two attached hydrogens (primary N) is 1. The maximum absolute atomic E-state index is 5.75. The molecule has 3 aromatic heterocycles. The van der Waals surface area contributed by atoms with Gasteiger partial charge in [0.15, 0.2) is 0 Å². The van der Waals surface area contributed by atoms with Gasteiger partial charge < -0.3 is 4.57 Å². The van der Waals surface area contributed by atoms with E-state index in [1.54, 1.807) is 29.3 Å². The van der Waals surface area contributed by atoms with Crippen LogP contribution in [0.4, 0.5) is 0 Å². The smallest absolute Gasteiger partial charge is 0.131 e. The van der Waals surface area contributed by atoms with Gasteiger partial charge in [-0.2, -0.15) is 5.10 Å². The van der Waals surface area contributed by atoms with Crippen LogP contribution in [0, 0.1) is 0 Å². The molecule has 7 heteroatoms. The van der Waals surface area contributed by atoms with E-state index in [0.29, 0.717) is 0 Å². The number of rotatable bonds is 5. The van der Waals surface area contributed by atoms with Gasteiger partial charge in [0.1, 0.15) is 11.9 Å². The summed E-state index contributed by atoms with van der Waals surface area (Å²) in [6, 6.07) is -0.210. The van der Waals surface area contributed by atoms with E-state index in [0.717, 1.165) is 29.9 Å². The van der Waals surface area contributed by atoms with Crippen LogP contribution in [-0.4, -0.2) is 24.1 Å². The minimum absolute atomic E-state index is 0.210. The van der Waals surface area contributed by atoms with Crippen LogP contribution in [0.5, 0.6) is 0 Å². The van der Waals surface area contributed by atoms with Crippen molar-refractivity contribution in [2.24, 2.45) is 5.84 Å². The van der Waals surface area contributed by atoms with Crippen molar-refractivity contribution in [1.29, 1.82) is 0 Å². The van der Waals surface area contributed by atoms with Crippen molar-refractivity contribution in [3.05, 3.63) is 48.6 Å². The van der Waals surface area contributed by atoms with Gasteiger partial charge in [0.05, 0.1) is 17.9 Å². The fourth-order valence-corrected chi connectivity index (χ4v) is 2.39. The van der Waals surface area contributed by atoms with Gasteiger partial charge in [-0.1, -0.05) is 6.92 Å². The summed E-state index contributed by atoms with van der Waals surface area (Å²) in [7, 11) is 0. The molecule has 0 aromatic carbocycles. The van der Waals surface area contributed by atoms with Crippen LogP contribution in [0.3, 0.4) is 0 Å². The Morgan fingerprint density at radius 2 is 2.20 bits per heavy atom. The predicted molar refractivity (Wildman–Crippen MR) is 74.7 cm³/mol. The number of fused-ring (bicyclic) bond motifs is 1. The van der Waals surface area contributed by atoms with Crippen LogP contribution in [0.15, 0.2) is 37.2 Å². The SMILES string of the molecule is CCCn1ccnc1C(NN)c1cnn2ccncc12. The highest BCUT2D eigenvalue weighted by atomic mass is 15.3. The van der Waals surface area contributed by atoms with Crippen LogP contribution >= 0.6 is 0 Å². The quantitative estimate of drug-likeness (QED) is 0.531. The van der Waals surface area contributed by atoms with E-state index >= 15 is 0 Å². The number of hydrazine groups is 1.